The van der Waals surface area contributed by atoms with Gasteiger partial charge in [-0.25, -0.2) is 8.78 Å². The lowest BCUT2D eigenvalue weighted by Gasteiger charge is -2.23. The van der Waals surface area contributed by atoms with Crippen molar-refractivity contribution in [1.29, 1.82) is 0 Å². The second kappa shape index (κ2) is 5.23. The molecule has 2 rings (SSSR count). The number of oxime groups is 1. The molecule has 2 N–H and O–H groups in total. The minimum atomic E-state index is -0.946. The van der Waals surface area contributed by atoms with Crippen molar-refractivity contribution in [2.24, 2.45) is 11.1 Å². The molecule has 0 aliphatic carbocycles. The predicted octanol–water partition coefficient (Wildman–Crippen LogP) is 2.14. The van der Waals surface area contributed by atoms with E-state index in [2.05, 4.69) is 10.5 Å². The van der Waals surface area contributed by atoms with Gasteiger partial charge in [-0.2, -0.15) is 0 Å². The summed E-state index contributed by atoms with van der Waals surface area (Å²) < 4.78 is 26.7. The molecule has 0 bridgehead atoms. The number of hydrogen-bond acceptors (Lipinski definition) is 3. The smallest absolute Gasteiger partial charge is 0.167 e. The van der Waals surface area contributed by atoms with E-state index in [1.807, 2.05) is 0 Å². The Balaban J connectivity index is 2.32. The van der Waals surface area contributed by atoms with E-state index >= 15 is 0 Å². The molecule has 1 heterocycles. The Hall–Kier alpha value is -1.49. The van der Waals surface area contributed by atoms with Crippen LogP contribution in [0.15, 0.2) is 23.4 Å². The summed E-state index contributed by atoms with van der Waals surface area (Å²) in [5.41, 5.74) is 0.294. The van der Waals surface area contributed by atoms with E-state index in [0.717, 1.165) is 32.0 Å². The van der Waals surface area contributed by atoms with E-state index in [9.17, 15) is 8.78 Å². The lowest BCUT2D eigenvalue weighted by molar-refractivity contribution is 0.311. The molecule has 1 saturated heterocycles. The van der Waals surface area contributed by atoms with Gasteiger partial charge >= 0.3 is 0 Å². The van der Waals surface area contributed by atoms with E-state index in [4.69, 9.17) is 5.21 Å². The summed E-state index contributed by atoms with van der Waals surface area (Å²) in [5.74, 6) is -1.89. The highest BCUT2D eigenvalue weighted by Crippen LogP contribution is 2.22. The Morgan fingerprint density at radius 2 is 2.00 bits per heavy atom. The van der Waals surface area contributed by atoms with Crippen LogP contribution in [0.5, 0.6) is 0 Å². The van der Waals surface area contributed by atoms with Crippen molar-refractivity contribution in [1.82, 2.24) is 5.32 Å². The van der Waals surface area contributed by atoms with Crippen molar-refractivity contribution in [3.63, 3.8) is 0 Å². The zero-order valence-electron chi connectivity index (χ0n) is 9.29. The fourth-order valence-corrected chi connectivity index (χ4v) is 2.15. The highest BCUT2D eigenvalue weighted by Gasteiger charge is 2.24. The topological polar surface area (TPSA) is 44.6 Å². The van der Waals surface area contributed by atoms with Gasteiger partial charge in [0.2, 0.25) is 0 Å². The normalized spacial score (nSPS) is 18.4. The molecule has 92 valence electrons. The van der Waals surface area contributed by atoms with E-state index in [1.54, 1.807) is 0 Å². The molecule has 0 aromatic heterocycles. The number of hydrogen-bond donors (Lipinski definition) is 2. The molecule has 3 nitrogen and oxygen atoms in total. The average molecular weight is 240 g/mol. The Labute approximate surface area is 98.1 Å². The van der Waals surface area contributed by atoms with Gasteiger partial charge in [0.1, 0.15) is 0 Å². The zero-order chi connectivity index (χ0) is 12.3. The molecular weight excluding hydrogens is 226 g/mol. The maximum absolute atomic E-state index is 13.6. The van der Waals surface area contributed by atoms with Crippen molar-refractivity contribution in [3.8, 4) is 0 Å². The molecule has 0 amide bonds. The Bertz CT molecular complexity index is 429. The van der Waals surface area contributed by atoms with Crippen LogP contribution in [0.1, 0.15) is 18.4 Å². The van der Waals surface area contributed by atoms with Crippen molar-refractivity contribution < 1.29 is 14.0 Å². The number of nitrogens with zero attached hydrogens (tertiary/aromatic N) is 1. The number of piperidine rings is 1. The SMILES string of the molecule is O/N=C(\c1cccc(F)c1F)C1CCNCC1. The van der Waals surface area contributed by atoms with Crippen molar-refractivity contribution in [3.05, 3.63) is 35.4 Å². The fourth-order valence-electron chi connectivity index (χ4n) is 2.15. The Kier molecular flexibility index (Phi) is 3.68. The van der Waals surface area contributed by atoms with Crippen LogP contribution in [0.2, 0.25) is 0 Å². The van der Waals surface area contributed by atoms with Crippen LogP contribution in [0.4, 0.5) is 8.78 Å². The van der Waals surface area contributed by atoms with Crippen LogP contribution in [0, 0.1) is 17.6 Å². The minimum Gasteiger partial charge on any atom is -0.411 e. The highest BCUT2D eigenvalue weighted by molar-refractivity contribution is 6.02. The standard InChI is InChI=1S/C12H14F2N2O/c13-10-3-1-2-9(11(10)14)12(16-17)8-4-6-15-7-5-8/h1-3,8,15,17H,4-7H2/b16-12-. The maximum atomic E-state index is 13.6. The van der Waals surface area contributed by atoms with Gasteiger partial charge in [0.15, 0.2) is 11.6 Å². The molecular formula is C12H14F2N2O. The fraction of sp³-hybridized carbons (Fsp3) is 0.417. The quantitative estimate of drug-likeness (QED) is 0.472. The third-order valence-electron chi connectivity index (χ3n) is 3.06. The van der Waals surface area contributed by atoms with Gasteiger partial charge in [-0.3, -0.25) is 0 Å². The summed E-state index contributed by atoms with van der Waals surface area (Å²) in [5, 5.41) is 15.4. The molecule has 5 heteroatoms. The van der Waals surface area contributed by atoms with Gasteiger partial charge in [-0.15, -0.1) is 0 Å². The van der Waals surface area contributed by atoms with E-state index in [0.29, 0.717) is 0 Å². The lowest BCUT2D eigenvalue weighted by atomic mass is 9.88. The molecule has 0 spiro atoms. The van der Waals surface area contributed by atoms with Crippen molar-refractivity contribution in [2.45, 2.75) is 12.8 Å². The first kappa shape index (κ1) is 12.0. The molecule has 0 unspecified atom stereocenters. The first-order valence-electron chi connectivity index (χ1n) is 5.61. The molecule has 0 atom stereocenters. The highest BCUT2D eigenvalue weighted by atomic mass is 19.2. The number of halogens is 2. The molecule has 1 aromatic rings. The van der Waals surface area contributed by atoms with E-state index < -0.39 is 11.6 Å². The van der Waals surface area contributed by atoms with E-state index in [-0.39, 0.29) is 17.2 Å². The third-order valence-corrected chi connectivity index (χ3v) is 3.06. The summed E-state index contributed by atoms with van der Waals surface area (Å²) in [6, 6.07) is 3.91. The van der Waals surface area contributed by atoms with Gasteiger partial charge < -0.3 is 10.5 Å². The van der Waals surface area contributed by atoms with Crippen LogP contribution < -0.4 is 5.32 Å². The Morgan fingerprint density at radius 1 is 1.29 bits per heavy atom. The van der Waals surface area contributed by atoms with Gasteiger partial charge in [0.05, 0.1) is 5.71 Å². The van der Waals surface area contributed by atoms with Crippen molar-refractivity contribution in [2.75, 3.05) is 13.1 Å². The van der Waals surface area contributed by atoms with Gasteiger partial charge in [-0.05, 0) is 38.1 Å². The second-order valence-electron chi connectivity index (χ2n) is 4.11. The van der Waals surface area contributed by atoms with Gasteiger partial charge in [0, 0.05) is 11.5 Å². The summed E-state index contributed by atoms with van der Waals surface area (Å²) in [6.45, 7) is 1.58. The number of benzene rings is 1. The molecule has 0 radical (unpaired) electrons. The zero-order valence-corrected chi connectivity index (χ0v) is 9.29. The van der Waals surface area contributed by atoms with Crippen LogP contribution in [-0.4, -0.2) is 24.0 Å². The van der Waals surface area contributed by atoms with Gasteiger partial charge in [0.25, 0.3) is 0 Å². The monoisotopic (exact) mass is 240 g/mol. The first-order valence-corrected chi connectivity index (χ1v) is 5.61. The van der Waals surface area contributed by atoms with Crippen LogP contribution in [0.3, 0.4) is 0 Å². The lowest BCUT2D eigenvalue weighted by Crippen LogP contribution is -2.32. The summed E-state index contributed by atoms with van der Waals surface area (Å²) in [4.78, 5) is 0. The maximum Gasteiger partial charge on any atom is 0.167 e. The Morgan fingerprint density at radius 3 is 2.65 bits per heavy atom. The second-order valence-corrected chi connectivity index (χ2v) is 4.11. The molecule has 1 fully saturated rings. The van der Waals surface area contributed by atoms with Gasteiger partial charge in [-0.1, -0.05) is 11.2 Å². The van der Waals surface area contributed by atoms with Crippen molar-refractivity contribution >= 4 is 5.71 Å². The molecule has 1 aromatic carbocycles. The van der Waals surface area contributed by atoms with E-state index in [1.165, 1.54) is 12.1 Å². The summed E-state index contributed by atoms with van der Waals surface area (Å²) in [7, 11) is 0. The van der Waals surface area contributed by atoms with Crippen LogP contribution in [0.25, 0.3) is 0 Å². The summed E-state index contributed by atoms with van der Waals surface area (Å²) >= 11 is 0. The minimum absolute atomic E-state index is 0.0300. The summed E-state index contributed by atoms with van der Waals surface area (Å²) in [6.07, 6.45) is 1.52. The molecule has 1 aliphatic rings. The predicted molar refractivity (Wildman–Crippen MR) is 60.3 cm³/mol. The van der Waals surface area contributed by atoms with Crippen LogP contribution in [-0.2, 0) is 0 Å². The largest absolute Gasteiger partial charge is 0.411 e. The average Bonchev–Trinajstić information content (AvgIpc) is 2.37. The molecule has 17 heavy (non-hydrogen) atoms. The first-order chi connectivity index (χ1) is 8.24. The molecule has 1 aliphatic heterocycles. The number of rotatable bonds is 2. The molecule has 0 saturated carbocycles. The van der Waals surface area contributed by atoms with Crippen LogP contribution >= 0.6 is 0 Å². The number of nitrogens with one attached hydrogen (secondary N) is 1. The third kappa shape index (κ3) is 2.44.